The van der Waals surface area contributed by atoms with E-state index in [1.54, 1.807) is 23.5 Å². The third kappa shape index (κ3) is 4.44. The fourth-order valence-corrected chi connectivity index (χ4v) is 4.24. The molecule has 0 saturated carbocycles. The minimum atomic E-state index is -0.264. The molecule has 0 fully saturated rings. The van der Waals surface area contributed by atoms with Crippen molar-refractivity contribution in [3.8, 4) is 0 Å². The molecule has 0 aliphatic carbocycles. The van der Waals surface area contributed by atoms with Crippen molar-refractivity contribution in [1.82, 2.24) is 4.98 Å². The molecule has 30 heavy (non-hydrogen) atoms. The lowest BCUT2D eigenvalue weighted by Gasteiger charge is -2.21. The third-order valence-corrected chi connectivity index (χ3v) is 5.74. The molecule has 1 atom stereocenters. The lowest BCUT2D eigenvalue weighted by atomic mass is 9.99. The van der Waals surface area contributed by atoms with Crippen LogP contribution in [0, 0.1) is 20.8 Å². The number of carbonyl (C=O) groups excluding carboxylic acids is 1. The van der Waals surface area contributed by atoms with Crippen molar-refractivity contribution in [3.63, 3.8) is 0 Å². The molecule has 1 amide bonds. The number of anilines is 2. The Labute approximate surface area is 179 Å². The lowest BCUT2D eigenvalue weighted by Crippen LogP contribution is -2.17. The van der Waals surface area contributed by atoms with Crippen LogP contribution < -0.4 is 10.6 Å². The topological polar surface area (TPSA) is 67.2 Å². The van der Waals surface area contributed by atoms with Crippen LogP contribution in [0.4, 0.5) is 10.8 Å². The molecule has 3 aromatic heterocycles. The fourth-order valence-electron chi connectivity index (χ4n) is 3.29. The molecule has 0 bridgehead atoms. The number of hydrogen-bond donors (Lipinski definition) is 2. The molecule has 0 saturated heterocycles. The van der Waals surface area contributed by atoms with Gasteiger partial charge in [-0.15, -0.1) is 11.3 Å². The number of aromatic nitrogens is 1. The van der Waals surface area contributed by atoms with E-state index < -0.39 is 0 Å². The average molecular weight is 418 g/mol. The Bertz CT molecular complexity index is 1150. The summed E-state index contributed by atoms with van der Waals surface area (Å²) in [5.41, 5.74) is 4.22. The van der Waals surface area contributed by atoms with E-state index >= 15 is 0 Å². The molecular formula is C24H23N3O2S. The number of thiophene rings is 1. The van der Waals surface area contributed by atoms with Crippen molar-refractivity contribution >= 4 is 28.1 Å². The molecule has 152 valence electrons. The van der Waals surface area contributed by atoms with Gasteiger partial charge in [-0.2, -0.15) is 0 Å². The number of nitrogens with one attached hydrogen (secondary N) is 2. The normalized spacial score (nSPS) is 11.8. The number of nitrogens with zero attached hydrogens (tertiary/aromatic N) is 1. The van der Waals surface area contributed by atoms with Gasteiger partial charge in [0.25, 0.3) is 5.91 Å². The molecule has 0 spiro atoms. The lowest BCUT2D eigenvalue weighted by molar-refractivity contribution is 0.0997. The minimum absolute atomic E-state index is 0.170. The maximum atomic E-state index is 12.6. The summed E-state index contributed by atoms with van der Waals surface area (Å²) < 4.78 is 5.25. The molecular weight excluding hydrogens is 394 g/mol. The van der Waals surface area contributed by atoms with Crippen molar-refractivity contribution < 1.29 is 9.21 Å². The van der Waals surface area contributed by atoms with Crippen LogP contribution in [0.15, 0.2) is 71.3 Å². The van der Waals surface area contributed by atoms with Gasteiger partial charge >= 0.3 is 0 Å². The summed E-state index contributed by atoms with van der Waals surface area (Å²) in [6, 6.07) is 19.6. The number of rotatable bonds is 6. The second-order valence-corrected chi connectivity index (χ2v) is 8.48. The van der Waals surface area contributed by atoms with Gasteiger partial charge in [-0.3, -0.25) is 4.79 Å². The van der Waals surface area contributed by atoms with Crippen molar-refractivity contribution in [2.24, 2.45) is 0 Å². The Morgan fingerprint density at radius 3 is 2.53 bits per heavy atom. The molecule has 0 unspecified atom stereocenters. The molecule has 0 radical (unpaired) electrons. The first-order chi connectivity index (χ1) is 14.5. The minimum Gasteiger partial charge on any atom is -0.459 e. The van der Waals surface area contributed by atoms with Crippen LogP contribution in [-0.4, -0.2) is 10.9 Å². The summed E-state index contributed by atoms with van der Waals surface area (Å²) >= 11 is 1.55. The molecule has 6 heteroatoms. The second kappa shape index (κ2) is 8.55. The van der Waals surface area contributed by atoms with E-state index in [0.717, 1.165) is 32.5 Å². The second-order valence-electron chi connectivity index (χ2n) is 7.23. The molecule has 3 heterocycles. The number of carbonyl (C=O) groups is 1. The molecule has 0 aliphatic heterocycles. The Balaban J connectivity index is 1.73. The number of furan rings is 1. The Hall–Kier alpha value is -3.38. The van der Waals surface area contributed by atoms with Crippen molar-refractivity contribution in [2.75, 3.05) is 10.6 Å². The number of amides is 1. The van der Waals surface area contributed by atoms with Gasteiger partial charge < -0.3 is 15.1 Å². The van der Waals surface area contributed by atoms with E-state index in [2.05, 4.69) is 52.9 Å². The Morgan fingerprint density at radius 2 is 1.83 bits per heavy atom. The van der Waals surface area contributed by atoms with Gasteiger partial charge in [0.1, 0.15) is 10.8 Å². The van der Waals surface area contributed by atoms with Crippen LogP contribution >= 0.6 is 11.3 Å². The van der Waals surface area contributed by atoms with E-state index in [9.17, 15) is 4.79 Å². The van der Waals surface area contributed by atoms with Crippen LogP contribution in [-0.2, 0) is 0 Å². The summed E-state index contributed by atoms with van der Waals surface area (Å²) in [5.74, 6) is 0.805. The monoisotopic (exact) mass is 417 g/mol. The van der Waals surface area contributed by atoms with Gasteiger partial charge in [-0.05, 0) is 56.7 Å². The van der Waals surface area contributed by atoms with Crippen LogP contribution in [0.5, 0.6) is 0 Å². The summed E-state index contributed by atoms with van der Waals surface area (Å²) in [7, 11) is 0. The first kappa shape index (κ1) is 19.9. The van der Waals surface area contributed by atoms with Gasteiger partial charge in [0.15, 0.2) is 5.76 Å². The maximum absolute atomic E-state index is 12.6. The van der Waals surface area contributed by atoms with Gasteiger partial charge in [0.05, 0.1) is 12.3 Å². The quantitative estimate of drug-likeness (QED) is 0.397. The molecule has 4 rings (SSSR count). The standard InChI is InChI=1S/C24H23N3O2S/c1-15-9-11-18(12-10-15)22(26-21-8-4-6-16(2)25-21)19-14-17(3)30-24(19)27-23(28)20-7-5-13-29-20/h4-14,22H,1-3H3,(H,25,26)(H,27,28)/t22-/m1/s1. The number of hydrogen-bond acceptors (Lipinski definition) is 5. The summed E-state index contributed by atoms with van der Waals surface area (Å²) in [6.07, 6.45) is 1.50. The van der Waals surface area contributed by atoms with Crippen LogP contribution in [0.1, 0.15) is 43.9 Å². The molecule has 5 nitrogen and oxygen atoms in total. The number of aryl methyl sites for hydroxylation is 3. The fraction of sp³-hybridized carbons (Fsp3) is 0.167. The SMILES string of the molecule is Cc1ccc([C@@H](Nc2cccc(C)n2)c2cc(C)sc2NC(=O)c2ccco2)cc1. The van der Waals surface area contributed by atoms with Gasteiger partial charge in [-0.1, -0.05) is 35.9 Å². The zero-order valence-electron chi connectivity index (χ0n) is 17.1. The maximum Gasteiger partial charge on any atom is 0.291 e. The van der Waals surface area contributed by atoms with Crippen LogP contribution in [0.2, 0.25) is 0 Å². The van der Waals surface area contributed by atoms with Crippen molar-refractivity contribution in [1.29, 1.82) is 0 Å². The zero-order valence-corrected chi connectivity index (χ0v) is 17.9. The van der Waals surface area contributed by atoms with Crippen LogP contribution in [0.25, 0.3) is 0 Å². The number of pyridine rings is 1. The molecule has 0 aliphatic rings. The van der Waals surface area contributed by atoms with Gasteiger partial charge in [0, 0.05) is 16.1 Å². The zero-order chi connectivity index (χ0) is 21.1. The van der Waals surface area contributed by atoms with E-state index in [-0.39, 0.29) is 17.7 Å². The average Bonchev–Trinajstić information content (AvgIpc) is 3.37. The van der Waals surface area contributed by atoms with Gasteiger partial charge in [0.2, 0.25) is 0 Å². The Morgan fingerprint density at radius 1 is 1.03 bits per heavy atom. The smallest absolute Gasteiger partial charge is 0.291 e. The molecule has 2 N–H and O–H groups in total. The van der Waals surface area contributed by atoms with Crippen molar-refractivity contribution in [2.45, 2.75) is 26.8 Å². The molecule has 1 aromatic carbocycles. The van der Waals surface area contributed by atoms with Crippen molar-refractivity contribution in [3.05, 3.63) is 99.9 Å². The van der Waals surface area contributed by atoms with Crippen LogP contribution in [0.3, 0.4) is 0 Å². The highest BCUT2D eigenvalue weighted by Crippen LogP contribution is 2.37. The molecule has 4 aromatic rings. The number of benzene rings is 1. The first-order valence-corrected chi connectivity index (χ1v) is 10.5. The summed E-state index contributed by atoms with van der Waals surface area (Å²) in [6.45, 7) is 6.07. The highest BCUT2D eigenvalue weighted by Gasteiger charge is 2.22. The van der Waals surface area contributed by atoms with Gasteiger partial charge in [-0.25, -0.2) is 4.98 Å². The Kier molecular flexibility index (Phi) is 5.68. The third-order valence-electron chi connectivity index (χ3n) is 4.76. The van der Waals surface area contributed by atoms with E-state index in [1.165, 1.54) is 11.8 Å². The largest absolute Gasteiger partial charge is 0.459 e. The van der Waals surface area contributed by atoms with E-state index in [1.807, 2.05) is 32.0 Å². The highest BCUT2D eigenvalue weighted by molar-refractivity contribution is 7.16. The van der Waals surface area contributed by atoms with E-state index in [4.69, 9.17) is 4.42 Å². The highest BCUT2D eigenvalue weighted by atomic mass is 32.1. The predicted octanol–water partition coefficient (Wildman–Crippen LogP) is 6.12. The predicted molar refractivity (Wildman–Crippen MR) is 121 cm³/mol. The summed E-state index contributed by atoms with van der Waals surface area (Å²) in [5, 5.41) is 7.36. The summed E-state index contributed by atoms with van der Waals surface area (Å²) in [4.78, 5) is 18.3. The van der Waals surface area contributed by atoms with E-state index in [0.29, 0.717) is 0 Å². The first-order valence-electron chi connectivity index (χ1n) is 9.71.